The lowest BCUT2D eigenvalue weighted by Gasteiger charge is -2.20. The highest BCUT2D eigenvalue weighted by atomic mass is 79.9. The van der Waals surface area contributed by atoms with Crippen molar-refractivity contribution in [1.82, 2.24) is 0 Å². The maximum absolute atomic E-state index is 9.08. The van der Waals surface area contributed by atoms with Crippen LogP contribution in [0.3, 0.4) is 0 Å². The van der Waals surface area contributed by atoms with Crippen molar-refractivity contribution in [3.63, 3.8) is 0 Å². The minimum absolute atomic E-state index is 0.0406. The molecule has 4 heteroatoms. The SMILES string of the molecule is COCc1c(Br)cccc1NC(CC#N)c1ccccc1. The fourth-order valence-electron chi connectivity index (χ4n) is 2.20. The third-order valence-electron chi connectivity index (χ3n) is 3.23. The van der Waals surface area contributed by atoms with Crippen LogP contribution in [0.25, 0.3) is 0 Å². The Morgan fingerprint density at radius 1 is 1.19 bits per heavy atom. The van der Waals surface area contributed by atoms with Gasteiger partial charge in [-0.1, -0.05) is 52.3 Å². The van der Waals surface area contributed by atoms with Crippen molar-refractivity contribution in [3.05, 3.63) is 64.1 Å². The molecule has 1 atom stereocenters. The van der Waals surface area contributed by atoms with Crippen molar-refractivity contribution in [1.29, 1.82) is 5.26 Å². The Balaban J connectivity index is 2.30. The first kappa shape index (κ1) is 15.6. The Hall–Kier alpha value is -1.83. The van der Waals surface area contributed by atoms with Gasteiger partial charge in [0.25, 0.3) is 0 Å². The number of nitrogens with one attached hydrogen (secondary N) is 1. The number of hydrogen-bond acceptors (Lipinski definition) is 3. The van der Waals surface area contributed by atoms with E-state index in [1.807, 2.05) is 48.5 Å². The van der Waals surface area contributed by atoms with Gasteiger partial charge in [-0.25, -0.2) is 0 Å². The molecule has 0 radical (unpaired) electrons. The number of benzene rings is 2. The fourth-order valence-corrected chi connectivity index (χ4v) is 2.68. The number of nitriles is 1. The number of anilines is 1. The van der Waals surface area contributed by atoms with Gasteiger partial charge in [-0.15, -0.1) is 0 Å². The second kappa shape index (κ2) is 7.82. The van der Waals surface area contributed by atoms with E-state index >= 15 is 0 Å². The van der Waals surface area contributed by atoms with Crippen molar-refractivity contribution in [2.45, 2.75) is 19.1 Å². The van der Waals surface area contributed by atoms with Crippen molar-refractivity contribution in [2.75, 3.05) is 12.4 Å². The predicted octanol–water partition coefficient (Wildman–Crippen LogP) is 4.66. The van der Waals surface area contributed by atoms with Crippen LogP contribution in [0, 0.1) is 11.3 Å². The maximum atomic E-state index is 9.08. The van der Waals surface area contributed by atoms with E-state index in [0.29, 0.717) is 13.0 Å². The van der Waals surface area contributed by atoms with Gasteiger partial charge < -0.3 is 10.1 Å². The summed E-state index contributed by atoms with van der Waals surface area (Å²) in [6, 6.07) is 18.2. The van der Waals surface area contributed by atoms with Crippen LogP contribution < -0.4 is 5.32 Å². The third kappa shape index (κ3) is 4.07. The van der Waals surface area contributed by atoms with Gasteiger partial charge in [0.15, 0.2) is 0 Å². The van der Waals surface area contributed by atoms with E-state index in [4.69, 9.17) is 10.00 Å². The van der Waals surface area contributed by atoms with Crippen molar-refractivity contribution >= 4 is 21.6 Å². The molecule has 108 valence electrons. The van der Waals surface area contributed by atoms with Crippen LogP contribution in [-0.4, -0.2) is 7.11 Å². The van der Waals surface area contributed by atoms with Crippen molar-refractivity contribution in [3.8, 4) is 6.07 Å². The van der Waals surface area contributed by atoms with Crippen LogP contribution in [0.5, 0.6) is 0 Å². The first-order valence-electron chi connectivity index (χ1n) is 6.71. The van der Waals surface area contributed by atoms with E-state index in [1.54, 1.807) is 7.11 Å². The quantitative estimate of drug-likeness (QED) is 0.828. The van der Waals surface area contributed by atoms with Gasteiger partial charge >= 0.3 is 0 Å². The van der Waals surface area contributed by atoms with E-state index in [2.05, 4.69) is 27.3 Å². The van der Waals surface area contributed by atoms with E-state index in [1.165, 1.54) is 0 Å². The number of nitrogens with zero attached hydrogens (tertiary/aromatic N) is 1. The summed E-state index contributed by atoms with van der Waals surface area (Å²) in [6.07, 6.45) is 0.406. The zero-order chi connectivity index (χ0) is 15.1. The Labute approximate surface area is 133 Å². The first-order chi connectivity index (χ1) is 10.3. The predicted molar refractivity (Wildman–Crippen MR) is 87.9 cm³/mol. The number of hydrogen-bond donors (Lipinski definition) is 1. The van der Waals surface area contributed by atoms with Crippen molar-refractivity contribution in [2.24, 2.45) is 0 Å². The summed E-state index contributed by atoms with van der Waals surface area (Å²) in [5.41, 5.74) is 3.14. The summed E-state index contributed by atoms with van der Waals surface area (Å²) in [5, 5.41) is 12.5. The minimum Gasteiger partial charge on any atom is -0.380 e. The summed E-state index contributed by atoms with van der Waals surface area (Å²) in [5.74, 6) is 0. The van der Waals surface area contributed by atoms with Gasteiger partial charge in [-0.05, 0) is 17.7 Å². The molecule has 0 fully saturated rings. The number of methoxy groups -OCH3 is 1. The Morgan fingerprint density at radius 3 is 2.62 bits per heavy atom. The van der Waals surface area contributed by atoms with Crippen molar-refractivity contribution < 1.29 is 4.74 Å². The maximum Gasteiger partial charge on any atom is 0.0744 e. The molecule has 0 heterocycles. The highest BCUT2D eigenvalue weighted by Crippen LogP contribution is 2.29. The monoisotopic (exact) mass is 344 g/mol. The average molecular weight is 345 g/mol. The third-order valence-corrected chi connectivity index (χ3v) is 3.98. The van der Waals surface area contributed by atoms with Crippen LogP contribution in [-0.2, 0) is 11.3 Å². The molecule has 1 N–H and O–H groups in total. The smallest absolute Gasteiger partial charge is 0.0744 e. The molecule has 0 spiro atoms. The molecular weight excluding hydrogens is 328 g/mol. The zero-order valence-corrected chi connectivity index (χ0v) is 13.4. The van der Waals surface area contributed by atoms with E-state index in [-0.39, 0.29) is 6.04 Å². The summed E-state index contributed by atoms with van der Waals surface area (Å²) in [4.78, 5) is 0. The summed E-state index contributed by atoms with van der Waals surface area (Å²) >= 11 is 3.55. The molecule has 3 nitrogen and oxygen atoms in total. The molecule has 2 rings (SSSR count). The Bertz CT molecular complexity index is 622. The largest absolute Gasteiger partial charge is 0.380 e. The normalized spacial score (nSPS) is 11.7. The number of halogens is 1. The van der Waals surface area contributed by atoms with Gasteiger partial charge in [-0.3, -0.25) is 0 Å². The molecular formula is C17H17BrN2O. The molecule has 0 amide bonds. The fraction of sp³-hybridized carbons (Fsp3) is 0.235. The zero-order valence-electron chi connectivity index (χ0n) is 11.8. The van der Waals surface area contributed by atoms with Gasteiger partial charge in [-0.2, -0.15) is 5.26 Å². The first-order valence-corrected chi connectivity index (χ1v) is 7.50. The molecule has 1 unspecified atom stereocenters. The Kier molecular flexibility index (Phi) is 5.79. The lowest BCUT2D eigenvalue weighted by atomic mass is 10.0. The number of rotatable bonds is 6. The second-order valence-corrected chi connectivity index (χ2v) is 5.52. The molecule has 0 aliphatic heterocycles. The molecule has 0 saturated carbocycles. The molecule has 0 aliphatic rings. The van der Waals surface area contributed by atoms with E-state index in [9.17, 15) is 0 Å². The summed E-state index contributed by atoms with van der Waals surface area (Å²) < 4.78 is 6.26. The molecule has 21 heavy (non-hydrogen) atoms. The van der Waals surface area contributed by atoms with Gasteiger partial charge in [0.05, 0.1) is 25.1 Å². The highest BCUT2D eigenvalue weighted by Gasteiger charge is 2.14. The van der Waals surface area contributed by atoms with Crippen LogP contribution in [0.4, 0.5) is 5.69 Å². The number of ether oxygens (including phenoxy) is 1. The standard InChI is InChI=1S/C17H17BrN2O/c1-21-12-14-15(18)8-5-9-17(14)20-16(10-11-19)13-6-3-2-4-7-13/h2-9,16,20H,10,12H2,1H3. The molecule has 0 aliphatic carbocycles. The molecule has 0 aromatic heterocycles. The Morgan fingerprint density at radius 2 is 1.95 bits per heavy atom. The lowest BCUT2D eigenvalue weighted by Crippen LogP contribution is -2.12. The molecule has 0 saturated heterocycles. The van der Waals surface area contributed by atoms with E-state index < -0.39 is 0 Å². The van der Waals surface area contributed by atoms with Gasteiger partial charge in [0.1, 0.15) is 0 Å². The second-order valence-electron chi connectivity index (χ2n) is 4.67. The molecule has 0 bridgehead atoms. The summed E-state index contributed by atoms with van der Waals surface area (Å²) in [7, 11) is 1.67. The van der Waals surface area contributed by atoms with Crippen LogP contribution >= 0.6 is 15.9 Å². The lowest BCUT2D eigenvalue weighted by molar-refractivity contribution is 0.185. The molecule has 2 aromatic carbocycles. The van der Waals surface area contributed by atoms with Crippen LogP contribution in [0.1, 0.15) is 23.6 Å². The van der Waals surface area contributed by atoms with Crippen LogP contribution in [0.2, 0.25) is 0 Å². The average Bonchev–Trinajstić information content (AvgIpc) is 2.51. The topological polar surface area (TPSA) is 45.0 Å². The van der Waals surface area contributed by atoms with E-state index in [0.717, 1.165) is 21.3 Å². The molecule has 2 aromatic rings. The minimum atomic E-state index is -0.0406. The summed E-state index contributed by atoms with van der Waals surface area (Å²) in [6.45, 7) is 0.512. The van der Waals surface area contributed by atoms with Gasteiger partial charge in [0.2, 0.25) is 0 Å². The van der Waals surface area contributed by atoms with Gasteiger partial charge in [0, 0.05) is 22.8 Å². The highest BCUT2D eigenvalue weighted by molar-refractivity contribution is 9.10. The van der Waals surface area contributed by atoms with Crippen LogP contribution in [0.15, 0.2) is 53.0 Å².